The molecule has 120 valence electrons. The van der Waals surface area contributed by atoms with Crippen LogP contribution in [0.5, 0.6) is 11.5 Å². The first kappa shape index (κ1) is 17.5. The molecule has 23 heavy (non-hydrogen) atoms. The molecule has 2 aromatic rings. The van der Waals surface area contributed by atoms with Crippen LogP contribution >= 0.6 is 31.9 Å². The molecule has 2 rings (SSSR count). The van der Waals surface area contributed by atoms with Crippen LogP contribution in [0.1, 0.15) is 5.56 Å². The molecule has 0 saturated carbocycles. The predicted octanol–water partition coefficient (Wildman–Crippen LogP) is 3.75. The maximum atomic E-state index is 11.7. The van der Waals surface area contributed by atoms with Crippen molar-refractivity contribution in [1.29, 1.82) is 0 Å². The number of hydrogen-bond donors (Lipinski definition) is 1. The number of ether oxygens (including phenoxy) is 2. The van der Waals surface area contributed by atoms with Crippen LogP contribution < -0.4 is 14.9 Å². The molecule has 0 atom stereocenters. The van der Waals surface area contributed by atoms with Gasteiger partial charge in [-0.25, -0.2) is 5.43 Å². The molecule has 0 heterocycles. The Bertz CT molecular complexity index is 703. The second-order valence-corrected chi connectivity index (χ2v) is 6.20. The Labute approximate surface area is 150 Å². The monoisotopic (exact) mass is 440 g/mol. The Morgan fingerprint density at radius 2 is 1.96 bits per heavy atom. The van der Waals surface area contributed by atoms with Gasteiger partial charge in [-0.15, -0.1) is 0 Å². The summed E-state index contributed by atoms with van der Waals surface area (Å²) in [4.78, 5) is 11.7. The second kappa shape index (κ2) is 8.69. The highest BCUT2D eigenvalue weighted by atomic mass is 79.9. The normalized spacial score (nSPS) is 10.6. The number of amides is 1. The molecule has 0 aliphatic rings. The molecule has 1 N–H and O–H groups in total. The quantitative estimate of drug-likeness (QED) is 0.548. The Morgan fingerprint density at radius 3 is 2.61 bits per heavy atom. The van der Waals surface area contributed by atoms with Crippen LogP contribution in [-0.2, 0) is 4.79 Å². The number of rotatable bonds is 6. The summed E-state index contributed by atoms with van der Waals surface area (Å²) in [7, 11) is 1.60. The van der Waals surface area contributed by atoms with Crippen LogP contribution in [0.15, 0.2) is 56.5 Å². The molecule has 0 unspecified atom stereocenters. The van der Waals surface area contributed by atoms with E-state index in [1.54, 1.807) is 19.4 Å². The molecule has 0 radical (unpaired) electrons. The van der Waals surface area contributed by atoms with E-state index in [2.05, 4.69) is 42.4 Å². The van der Waals surface area contributed by atoms with Gasteiger partial charge in [0.15, 0.2) is 6.61 Å². The zero-order valence-electron chi connectivity index (χ0n) is 12.3. The van der Waals surface area contributed by atoms with Crippen LogP contribution in [0.2, 0.25) is 0 Å². The predicted molar refractivity (Wildman–Crippen MR) is 96.1 cm³/mol. The smallest absolute Gasteiger partial charge is 0.277 e. The van der Waals surface area contributed by atoms with E-state index in [-0.39, 0.29) is 12.5 Å². The average molecular weight is 442 g/mol. The Morgan fingerprint density at radius 1 is 1.22 bits per heavy atom. The SMILES string of the molecule is COc1ccc(/C=N/NC(=O)COc2ccc(Br)cc2Br)cc1. The number of methoxy groups -OCH3 is 1. The fraction of sp³-hybridized carbons (Fsp3) is 0.125. The van der Waals surface area contributed by atoms with Crippen LogP contribution in [0.3, 0.4) is 0 Å². The molecule has 2 aromatic carbocycles. The maximum absolute atomic E-state index is 11.7. The summed E-state index contributed by atoms with van der Waals surface area (Å²) in [5.41, 5.74) is 3.26. The number of carbonyl (C=O) groups is 1. The molecule has 5 nitrogen and oxygen atoms in total. The van der Waals surface area contributed by atoms with E-state index in [4.69, 9.17) is 9.47 Å². The first-order valence-electron chi connectivity index (χ1n) is 6.62. The minimum absolute atomic E-state index is 0.125. The van der Waals surface area contributed by atoms with Crippen LogP contribution in [-0.4, -0.2) is 25.8 Å². The summed E-state index contributed by atoms with van der Waals surface area (Å²) in [5.74, 6) is 1.01. The lowest BCUT2D eigenvalue weighted by Gasteiger charge is -2.07. The lowest BCUT2D eigenvalue weighted by molar-refractivity contribution is -0.123. The van der Waals surface area contributed by atoms with E-state index in [1.165, 1.54) is 0 Å². The number of hydrazone groups is 1. The molecule has 0 aromatic heterocycles. The van der Waals surface area contributed by atoms with Crippen molar-refractivity contribution in [1.82, 2.24) is 5.43 Å². The van der Waals surface area contributed by atoms with Gasteiger partial charge < -0.3 is 9.47 Å². The van der Waals surface area contributed by atoms with Crippen LogP contribution in [0, 0.1) is 0 Å². The highest BCUT2D eigenvalue weighted by Crippen LogP contribution is 2.28. The van der Waals surface area contributed by atoms with Crippen molar-refractivity contribution >= 4 is 44.0 Å². The number of benzene rings is 2. The molecule has 0 saturated heterocycles. The molecule has 0 spiro atoms. The van der Waals surface area contributed by atoms with Gasteiger partial charge in [-0.3, -0.25) is 4.79 Å². The molecule has 1 amide bonds. The molecule has 7 heteroatoms. The molecular weight excluding hydrogens is 428 g/mol. The zero-order chi connectivity index (χ0) is 16.7. The first-order valence-corrected chi connectivity index (χ1v) is 8.21. The van der Waals surface area contributed by atoms with E-state index in [9.17, 15) is 4.79 Å². The number of hydrogen-bond acceptors (Lipinski definition) is 4. The molecule has 0 bridgehead atoms. The third-order valence-corrected chi connectivity index (χ3v) is 3.88. The summed E-state index contributed by atoms with van der Waals surface area (Å²) in [6.07, 6.45) is 1.55. The van der Waals surface area contributed by atoms with E-state index in [0.717, 1.165) is 20.3 Å². The highest BCUT2D eigenvalue weighted by Gasteiger charge is 2.05. The van der Waals surface area contributed by atoms with Gasteiger partial charge in [-0.05, 0) is 64.0 Å². The summed E-state index contributed by atoms with van der Waals surface area (Å²) in [6, 6.07) is 12.7. The van der Waals surface area contributed by atoms with Gasteiger partial charge in [0.25, 0.3) is 5.91 Å². The fourth-order valence-corrected chi connectivity index (χ4v) is 2.80. The summed E-state index contributed by atoms with van der Waals surface area (Å²) >= 11 is 6.72. The second-order valence-electron chi connectivity index (χ2n) is 4.43. The lowest BCUT2D eigenvalue weighted by Crippen LogP contribution is -2.24. The van der Waals surface area contributed by atoms with Gasteiger partial charge >= 0.3 is 0 Å². The van der Waals surface area contributed by atoms with E-state index >= 15 is 0 Å². The van der Waals surface area contributed by atoms with Crippen LogP contribution in [0.25, 0.3) is 0 Å². The van der Waals surface area contributed by atoms with Gasteiger partial charge in [-0.2, -0.15) is 5.10 Å². The van der Waals surface area contributed by atoms with Crippen molar-refractivity contribution in [2.45, 2.75) is 0 Å². The molecular formula is C16H14Br2N2O3. The van der Waals surface area contributed by atoms with Crippen molar-refractivity contribution in [3.63, 3.8) is 0 Å². The van der Waals surface area contributed by atoms with Crippen molar-refractivity contribution in [3.8, 4) is 11.5 Å². The van der Waals surface area contributed by atoms with Crippen molar-refractivity contribution in [2.75, 3.05) is 13.7 Å². The minimum atomic E-state index is -0.343. The first-order chi connectivity index (χ1) is 11.1. The van der Waals surface area contributed by atoms with Gasteiger partial charge in [0, 0.05) is 4.47 Å². The van der Waals surface area contributed by atoms with Crippen LogP contribution in [0.4, 0.5) is 0 Å². The van der Waals surface area contributed by atoms with Crippen molar-refractivity contribution in [2.24, 2.45) is 5.10 Å². The van der Waals surface area contributed by atoms with Gasteiger partial charge in [0.1, 0.15) is 11.5 Å². The number of halogens is 2. The van der Waals surface area contributed by atoms with Gasteiger partial charge in [0.2, 0.25) is 0 Å². The zero-order valence-corrected chi connectivity index (χ0v) is 15.4. The Balaban J connectivity index is 1.81. The van der Waals surface area contributed by atoms with E-state index in [1.807, 2.05) is 36.4 Å². The number of carbonyl (C=O) groups excluding carboxylic acids is 1. The standard InChI is InChI=1S/C16H14Br2N2O3/c1-22-13-5-2-11(3-6-13)9-19-20-16(21)10-23-15-7-4-12(17)8-14(15)18/h2-9H,10H2,1H3,(H,20,21)/b19-9+. The summed E-state index contributed by atoms with van der Waals surface area (Å²) in [5, 5.41) is 3.88. The number of nitrogens with zero attached hydrogens (tertiary/aromatic N) is 1. The Kier molecular flexibility index (Phi) is 6.61. The highest BCUT2D eigenvalue weighted by molar-refractivity contribution is 9.11. The number of nitrogens with one attached hydrogen (secondary N) is 1. The maximum Gasteiger partial charge on any atom is 0.277 e. The van der Waals surface area contributed by atoms with Gasteiger partial charge in [0.05, 0.1) is 17.8 Å². The van der Waals surface area contributed by atoms with E-state index < -0.39 is 0 Å². The molecule has 0 fully saturated rings. The minimum Gasteiger partial charge on any atom is -0.497 e. The third kappa shape index (κ3) is 5.69. The summed E-state index contributed by atoms with van der Waals surface area (Å²) < 4.78 is 12.2. The lowest BCUT2D eigenvalue weighted by atomic mass is 10.2. The fourth-order valence-electron chi connectivity index (χ4n) is 1.64. The average Bonchev–Trinajstić information content (AvgIpc) is 2.54. The largest absolute Gasteiger partial charge is 0.497 e. The van der Waals surface area contributed by atoms with Crippen molar-refractivity contribution in [3.05, 3.63) is 57.0 Å². The molecule has 0 aliphatic heterocycles. The van der Waals surface area contributed by atoms with Crippen molar-refractivity contribution < 1.29 is 14.3 Å². The Hall–Kier alpha value is -1.86. The van der Waals surface area contributed by atoms with Gasteiger partial charge in [-0.1, -0.05) is 15.9 Å². The van der Waals surface area contributed by atoms with E-state index in [0.29, 0.717) is 5.75 Å². The third-order valence-electron chi connectivity index (χ3n) is 2.77. The summed E-state index contributed by atoms with van der Waals surface area (Å²) in [6.45, 7) is -0.125. The molecule has 0 aliphatic carbocycles. The topological polar surface area (TPSA) is 59.9 Å².